The number of piperidine rings is 1. The van der Waals surface area contributed by atoms with Crippen LogP contribution < -0.4 is 21.1 Å². The van der Waals surface area contributed by atoms with Gasteiger partial charge >= 0.3 is 0 Å². The number of hydrogen-bond acceptors (Lipinski definition) is 9. The number of alkyl halides is 2. The molecule has 1 aliphatic heterocycles. The molecule has 0 bridgehead atoms. The summed E-state index contributed by atoms with van der Waals surface area (Å²) in [6.45, 7) is 0.490. The van der Waals surface area contributed by atoms with Gasteiger partial charge in [0.05, 0.1) is 49.1 Å². The number of halogens is 4. The summed E-state index contributed by atoms with van der Waals surface area (Å²) in [4.78, 5) is 18.6. The topological polar surface area (TPSA) is 141 Å². The van der Waals surface area contributed by atoms with Crippen LogP contribution in [0.4, 0.5) is 29.1 Å². The summed E-state index contributed by atoms with van der Waals surface area (Å²) in [5.41, 5.74) is 12.6. The second kappa shape index (κ2) is 9.27. The zero-order valence-corrected chi connectivity index (χ0v) is 21.4. The number of aliphatic hydroxyl groups excluding tert-OH is 1. The minimum atomic E-state index is -3.37. The van der Waals surface area contributed by atoms with E-state index in [9.17, 15) is 18.3 Å². The number of fused-ring (bicyclic) bond motifs is 2. The zero-order valence-electron chi connectivity index (χ0n) is 21.4. The molecule has 4 heterocycles. The van der Waals surface area contributed by atoms with Gasteiger partial charge in [-0.05, 0) is 30.5 Å². The van der Waals surface area contributed by atoms with Crippen molar-refractivity contribution in [1.29, 1.82) is 0 Å². The first-order valence-electron chi connectivity index (χ1n) is 12.6. The number of ether oxygens (including phenoxy) is 1. The molecular weight excluding hydrogens is 532 g/mol. The average molecular weight is 559 g/mol. The minimum Gasteiger partial charge on any atom is -0.494 e. The summed E-state index contributed by atoms with van der Waals surface area (Å²) in [6.07, 6.45) is 2.27. The van der Waals surface area contributed by atoms with Gasteiger partial charge in [-0.3, -0.25) is 4.98 Å². The molecular formula is C26H26F4N8O2. The molecule has 1 saturated carbocycles. The van der Waals surface area contributed by atoms with E-state index in [1.54, 1.807) is 15.5 Å². The van der Waals surface area contributed by atoms with Crippen molar-refractivity contribution in [3.8, 4) is 17.0 Å². The predicted octanol–water partition coefficient (Wildman–Crippen LogP) is 2.87. The first-order valence-corrected chi connectivity index (χ1v) is 12.6. The van der Waals surface area contributed by atoms with Crippen molar-refractivity contribution in [2.24, 2.45) is 5.73 Å². The van der Waals surface area contributed by atoms with Crippen LogP contribution in [0.3, 0.4) is 0 Å². The van der Waals surface area contributed by atoms with Crippen molar-refractivity contribution in [3.63, 3.8) is 0 Å². The van der Waals surface area contributed by atoms with Crippen LogP contribution in [0.15, 0.2) is 37.1 Å². The van der Waals surface area contributed by atoms with Gasteiger partial charge in [-0.2, -0.15) is 0 Å². The maximum absolute atomic E-state index is 15.0. The van der Waals surface area contributed by atoms with Crippen LogP contribution in [0.2, 0.25) is 0 Å². The van der Waals surface area contributed by atoms with Crippen LogP contribution in [0.1, 0.15) is 24.8 Å². The van der Waals surface area contributed by atoms with Crippen molar-refractivity contribution in [1.82, 2.24) is 24.5 Å². The second-order valence-corrected chi connectivity index (χ2v) is 10.3. The first kappa shape index (κ1) is 26.2. The Bertz CT molecular complexity index is 1620. The lowest BCUT2D eigenvalue weighted by Crippen LogP contribution is -2.64. The van der Waals surface area contributed by atoms with E-state index in [2.05, 4.69) is 19.9 Å². The third-order valence-electron chi connectivity index (χ3n) is 7.94. The number of nitrogen functional groups attached to an aromatic ring is 1. The number of methoxy groups -OCH3 is 1. The van der Waals surface area contributed by atoms with E-state index < -0.39 is 41.7 Å². The summed E-state index contributed by atoms with van der Waals surface area (Å²) >= 11 is 0. The summed E-state index contributed by atoms with van der Waals surface area (Å²) in [5.74, 6) is -4.97. The van der Waals surface area contributed by atoms with Gasteiger partial charge in [-0.15, -0.1) is 0 Å². The highest BCUT2D eigenvalue weighted by molar-refractivity contribution is 5.81. The zero-order chi connectivity index (χ0) is 28.4. The number of aromatic nitrogens is 5. The molecule has 1 aliphatic carbocycles. The average Bonchev–Trinajstić information content (AvgIpc) is 3.42. The monoisotopic (exact) mass is 558 g/mol. The molecule has 0 spiro atoms. The molecule has 0 amide bonds. The van der Waals surface area contributed by atoms with Gasteiger partial charge in [0, 0.05) is 24.6 Å². The number of nitrogens with zero attached hydrogens (tertiary/aromatic N) is 6. The molecule has 210 valence electrons. The minimum absolute atomic E-state index is 0.109. The Kier molecular flexibility index (Phi) is 6.07. The highest BCUT2D eigenvalue weighted by Crippen LogP contribution is 2.49. The summed E-state index contributed by atoms with van der Waals surface area (Å²) in [5, 5.41) is 10.4. The van der Waals surface area contributed by atoms with Gasteiger partial charge in [0.25, 0.3) is 5.92 Å². The van der Waals surface area contributed by atoms with Crippen molar-refractivity contribution in [2.45, 2.75) is 49.4 Å². The molecule has 5 N–H and O–H groups in total. The molecule has 1 aromatic carbocycles. The number of anilines is 2. The molecule has 2 fully saturated rings. The highest BCUT2D eigenvalue weighted by atomic mass is 19.3. The van der Waals surface area contributed by atoms with E-state index in [1.807, 2.05) is 0 Å². The molecule has 3 aromatic heterocycles. The van der Waals surface area contributed by atoms with E-state index in [1.165, 1.54) is 26.0 Å². The maximum Gasteiger partial charge on any atom is 0.277 e. The molecule has 2 aliphatic rings. The Morgan fingerprint density at radius 3 is 2.70 bits per heavy atom. The molecule has 1 saturated heterocycles. The molecule has 3 atom stereocenters. The van der Waals surface area contributed by atoms with Crippen molar-refractivity contribution < 1.29 is 27.4 Å². The number of aliphatic hydroxyl groups is 1. The fourth-order valence-electron chi connectivity index (χ4n) is 5.94. The third-order valence-corrected chi connectivity index (χ3v) is 7.94. The molecule has 10 nitrogen and oxygen atoms in total. The Hall–Kier alpha value is -4.04. The quantitative estimate of drug-likeness (QED) is 0.315. The number of rotatable bonds is 5. The van der Waals surface area contributed by atoms with Gasteiger partial charge in [0.2, 0.25) is 0 Å². The maximum atomic E-state index is 15.0. The Labute approximate surface area is 225 Å². The molecule has 0 radical (unpaired) electrons. The van der Waals surface area contributed by atoms with Crippen LogP contribution in [0, 0.1) is 11.6 Å². The summed E-state index contributed by atoms with van der Waals surface area (Å²) in [6, 6.07) is 2.59. The van der Waals surface area contributed by atoms with Crippen LogP contribution in [-0.4, -0.2) is 66.9 Å². The van der Waals surface area contributed by atoms with Crippen LogP contribution in [-0.2, 0) is 6.54 Å². The normalized spacial score (nSPS) is 23.9. The van der Waals surface area contributed by atoms with Gasteiger partial charge in [0.15, 0.2) is 23.0 Å². The van der Waals surface area contributed by atoms with Gasteiger partial charge in [-0.1, -0.05) is 0 Å². The van der Waals surface area contributed by atoms with E-state index in [0.717, 1.165) is 12.1 Å². The Morgan fingerprint density at radius 2 is 1.93 bits per heavy atom. The summed E-state index contributed by atoms with van der Waals surface area (Å²) < 4.78 is 65.5. The fourth-order valence-corrected chi connectivity index (χ4v) is 5.94. The summed E-state index contributed by atoms with van der Waals surface area (Å²) in [7, 11) is 1.23. The lowest BCUT2D eigenvalue weighted by atomic mass is 9.82. The van der Waals surface area contributed by atoms with E-state index in [-0.39, 0.29) is 35.8 Å². The molecule has 40 heavy (non-hydrogen) atoms. The molecule has 4 aromatic rings. The van der Waals surface area contributed by atoms with E-state index in [0.29, 0.717) is 35.4 Å². The molecule has 6 rings (SSSR count). The fraction of sp³-hybridized carbons (Fsp3) is 0.385. The van der Waals surface area contributed by atoms with Crippen LogP contribution in [0.5, 0.6) is 5.75 Å². The predicted molar refractivity (Wildman–Crippen MR) is 138 cm³/mol. The van der Waals surface area contributed by atoms with Gasteiger partial charge in [-0.25, -0.2) is 32.5 Å². The van der Waals surface area contributed by atoms with E-state index in [4.69, 9.17) is 16.2 Å². The molecule has 14 heteroatoms. The van der Waals surface area contributed by atoms with Crippen molar-refractivity contribution in [3.05, 3.63) is 54.2 Å². The number of pyridine rings is 1. The second-order valence-electron chi connectivity index (χ2n) is 10.3. The first-order chi connectivity index (χ1) is 19.0. The smallest absolute Gasteiger partial charge is 0.277 e. The lowest BCUT2D eigenvalue weighted by Gasteiger charge is -2.46. The Morgan fingerprint density at radius 1 is 1.12 bits per heavy atom. The SMILES string of the molecule is COc1cc(F)c(-c2cc(Cn3cnc4c(N)ncnc43)c(N3CCC[C@@]4(N)C3CC(F)(F)[C@H]4O)cn2)cc1F. The van der Waals surface area contributed by atoms with Gasteiger partial charge in [0.1, 0.15) is 23.8 Å². The Balaban J connectivity index is 1.49. The standard InChI is InChI=1S/C26H26F4N8O2/c1-40-19-7-15(27)14(6-16(19)28)17-5-13(10-37-12-36-21-22(31)34-11-35-23(21)37)18(9-33-17)38-4-2-3-25(32)20(38)8-26(29,30)24(25)39/h5-7,9,11-12,20,24,39H,2-4,8,10,32H2,1H3,(H2,31,34,35)/t20?,24-,25+/m0/s1. The van der Waals surface area contributed by atoms with E-state index >= 15 is 4.39 Å². The number of nitrogens with two attached hydrogens (primary N) is 2. The number of imidazole rings is 1. The number of hydrogen-bond donors (Lipinski definition) is 3. The van der Waals surface area contributed by atoms with Crippen molar-refractivity contribution >= 4 is 22.7 Å². The largest absolute Gasteiger partial charge is 0.494 e. The third kappa shape index (κ3) is 4.01. The van der Waals surface area contributed by atoms with Gasteiger partial charge < -0.3 is 30.8 Å². The van der Waals surface area contributed by atoms with Crippen molar-refractivity contribution in [2.75, 3.05) is 24.3 Å². The number of benzene rings is 1. The highest BCUT2D eigenvalue weighted by Gasteiger charge is 2.64. The van der Waals surface area contributed by atoms with Crippen LogP contribution >= 0.6 is 0 Å². The lowest BCUT2D eigenvalue weighted by molar-refractivity contribution is -0.104. The molecule has 1 unspecified atom stereocenters. The van der Waals surface area contributed by atoms with Crippen LogP contribution in [0.25, 0.3) is 22.4 Å².